The molecule has 0 radical (unpaired) electrons. The Hall–Kier alpha value is -3.11. The molecule has 1 atom stereocenters. The Balaban J connectivity index is 1.55. The van der Waals surface area contributed by atoms with E-state index in [0.717, 1.165) is 0 Å². The molecule has 142 valence electrons. The summed E-state index contributed by atoms with van der Waals surface area (Å²) in [5, 5.41) is 3.21. The number of nitrogens with one attached hydrogen (secondary N) is 1. The number of carbonyl (C=O) groups is 1. The molecular weight excluding hydrogens is 360 g/mol. The highest BCUT2D eigenvalue weighted by molar-refractivity contribution is 5.92. The summed E-state index contributed by atoms with van der Waals surface area (Å²) in [6, 6.07) is -0.0827. The molecule has 0 spiro atoms. The molecule has 0 saturated carbocycles. The molecule has 27 heavy (non-hydrogen) atoms. The van der Waals surface area contributed by atoms with Crippen LogP contribution in [0.1, 0.15) is 36.1 Å². The monoisotopic (exact) mass is 377 g/mol. The molecule has 3 aromatic rings. The zero-order chi connectivity index (χ0) is 19.0. The highest BCUT2D eigenvalue weighted by atomic mass is 19.3. The Labute approximate surface area is 152 Å². The van der Waals surface area contributed by atoms with Crippen molar-refractivity contribution in [2.75, 3.05) is 18.4 Å². The van der Waals surface area contributed by atoms with Crippen molar-refractivity contribution >= 4 is 22.9 Å². The molecule has 0 aromatic carbocycles. The van der Waals surface area contributed by atoms with E-state index in [1.807, 2.05) is 0 Å². The second-order valence-corrected chi connectivity index (χ2v) is 6.16. The van der Waals surface area contributed by atoms with E-state index in [0.29, 0.717) is 43.0 Å². The van der Waals surface area contributed by atoms with Crippen LogP contribution in [0.5, 0.6) is 0 Å². The Bertz CT molecular complexity index is 957. The van der Waals surface area contributed by atoms with Crippen LogP contribution in [0.2, 0.25) is 0 Å². The van der Waals surface area contributed by atoms with Crippen LogP contribution in [0.15, 0.2) is 23.4 Å². The second kappa shape index (κ2) is 6.89. The largest absolute Gasteiger partial charge is 0.451 e. The first kappa shape index (κ1) is 17.3. The standard InChI is InChI=1S/C16H17F2N7O2/c1-2-25-14-11(23-15(25)12(17)18)13(19-7-20-14)22-9-3-4-24(5-9)16(26)10-6-27-8-21-10/h6-9,12H,2-5H2,1H3,(H,19,20,22)/t9-/m0/s1. The maximum absolute atomic E-state index is 13.3. The fraction of sp³-hybridized carbons (Fsp3) is 0.438. The van der Waals surface area contributed by atoms with Crippen molar-refractivity contribution in [2.45, 2.75) is 32.4 Å². The zero-order valence-electron chi connectivity index (χ0n) is 14.5. The van der Waals surface area contributed by atoms with Crippen molar-refractivity contribution in [3.8, 4) is 0 Å². The number of aromatic nitrogens is 5. The van der Waals surface area contributed by atoms with E-state index in [4.69, 9.17) is 4.42 Å². The third kappa shape index (κ3) is 3.09. The molecule has 1 fully saturated rings. The van der Waals surface area contributed by atoms with Crippen molar-refractivity contribution in [3.05, 3.63) is 30.5 Å². The number of hydrogen-bond donors (Lipinski definition) is 1. The normalized spacial score (nSPS) is 17.2. The zero-order valence-corrected chi connectivity index (χ0v) is 14.5. The van der Waals surface area contributed by atoms with E-state index in [1.165, 1.54) is 23.6 Å². The number of likely N-dealkylation sites (tertiary alicyclic amines) is 1. The highest BCUT2D eigenvalue weighted by Gasteiger charge is 2.29. The van der Waals surface area contributed by atoms with Crippen LogP contribution in [-0.4, -0.2) is 54.4 Å². The maximum Gasteiger partial charge on any atom is 0.295 e. The third-order valence-electron chi connectivity index (χ3n) is 4.54. The van der Waals surface area contributed by atoms with Crippen LogP contribution < -0.4 is 5.32 Å². The van der Waals surface area contributed by atoms with Crippen LogP contribution in [0.25, 0.3) is 11.2 Å². The first-order valence-electron chi connectivity index (χ1n) is 8.51. The predicted molar refractivity (Wildman–Crippen MR) is 90.4 cm³/mol. The topological polar surface area (TPSA) is 102 Å². The first-order chi connectivity index (χ1) is 13.1. The number of anilines is 1. The molecule has 1 aliphatic rings. The number of oxazole rings is 1. The van der Waals surface area contributed by atoms with Gasteiger partial charge in [-0.15, -0.1) is 0 Å². The van der Waals surface area contributed by atoms with Gasteiger partial charge in [0.15, 0.2) is 34.9 Å². The van der Waals surface area contributed by atoms with Crippen LogP contribution in [-0.2, 0) is 6.54 Å². The van der Waals surface area contributed by atoms with Crippen molar-refractivity contribution < 1.29 is 18.0 Å². The lowest BCUT2D eigenvalue weighted by Gasteiger charge is -2.16. The lowest BCUT2D eigenvalue weighted by molar-refractivity contribution is 0.0785. The van der Waals surface area contributed by atoms with Gasteiger partial charge in [-0.2, -0.15) is 0 Å². The van der Waals surface area contributed by atoms with E-state index in [1.54, 1.807) is 11.8 Å². The molecule has 0 bridgehead atoms. The number of alkyl halides is 2. The molecule has 1 saturated heterocycles. The second-order valence-electron chi connectivity index (χ2n) is 6.16. The number of aryl methyl sites for hydroxylation is 1. The SMILES string of the molecule is CCn1c(C(F)F)nc2c(N[C@H]3CCN(C(=O)c4cocn4)C3)ncnc21. The molecule has 0 unspecified atom stereocenters. The molecular formula is C16H17F2N7O2. The number of imidazole rings is 1. The van der Waals surface area contributed by atoms with E-state index < -0.39 is 6.43 Å². The van der Waals surface area contributed by atoms with Gasteiger partial charge in [-0.25, -0.2) is 28.7 Å². The summed E-state index contributed by atoms with van der Waals surface area (Å²) in [7, 11) is 0. The van der Waals surface area contributed by atoms with Gasteiger partial charge < -0.3 is 19.2 Å². The summed E-state index contributed by atoms with van der Waals surface area (Å²) in [5.41, 5.74) is 0.915. The molecule has 0 aliphatic carbocycles. The Morgan fingerprint density at radius 2 is 2.26 bits per heavy atom. The molecule has 1 aliphatic heterocycles. The van der Waals surface area contributed by atoms with Crippen molar-refractivity contribution in [1.29, 1.82) is 0 Å². The summed E-state index contributed by atoms with van der Waals surface area (Å²) in [6.07, 6.45) is 1.82. The van der Waals surface area contributed by atoms with Crippen molar-refractivity contribution in [3.63, 3.8) is 0 Å². The van der Waals surface area contributed by atoms with Gasteiger partial charge in [0.25, 0.3) is 12.3 Å². The van der Waals surface area contributed by atoms with Crippen LogP contribution in [0.3, 0.4) is 0 Å². The quantitative estimate of drug-likeness (QED) is 0.726. The summed E-state index contributed by atoms with van der Waals surface area (Å²) >= 11 is 0. The van der Waals surface area contributed by atoms with Gasteiger partial charge in [0.2, 0.25) is 0 Å². The summed E-state index contributed by atoms with van der Waals surface area (Å²) in [6.45, 7) is 3.07. The minimum Gasteiger partial charge on any atom is -0.451 e. The molecule has 1 amide bonds. The number of nitrogens with zero attached hydrogens (tertiary/aromatic N) is 6. The van der Waals surface area contributed by atoms with Gasteiger partial charge in [-0.3, -0.25) is 4.79 Å². The molecule has 4 rings (SSSR count). The lowest BCUT2D eigenvalue weighted by atomic mass is 10.2. The minimum absolute atomic E-state index is 0.0827. The maximum atomic E-state index is 13.3. The fourth-order valence-electron chi connectivity index (χ4n) is 3.27. The van der Waals surface area contributed by atoms with Gasteiger partial charge in [0.1, 0.15) is 12.6 Å². The number of rotatable bonds is 5. The van der Waals surface area contributed by atoms with Crippen LogP contribution >= 0.6 is 0 Å². The fourth-order valence-corrected chi connectivity index (χ4v) is 3.27. The van der Waals surface area contributed by atoms with E-state index in [-0.39, 0.29) is 23.5 Å². The van der Waals surface area contributed by atoms with Gasteiger partial charge in [-0.1, -0.05) is 0 Å². The van der Waals surface area contributed by atoms with Gasteiger partial charge >= 0.3 is 0 Å². The molecule has 9 nitrogen and oxygen atoms in total. The van der Waals surface area contributed by atoms with Crippen molar-refractivity contribution in [1.82, 2.24) is 29.4 Å². The average Bonchev–Trinajstić information content (AvgIpc) is 3.40. The summed E-state index contributed by atoms with van der Waals surface area (Å²) in [5.74, 6) is -0.156. The van der Waals surface area contributed by atoms with Crippen LogP contribution in [0, 0.1) is 0 Å². The summed E-state index contributed by atoms with van der Waals surface area (Å²) < 4.78 is 32.7. The summed E-state index contributed by atoms with van der Waals surface area (Å²) in [4.78, 5) is 30.2. The van der Waals surface area contributed by atoms with Crippen molar-refractivity contribution in [2.24, 2.45) is 0 Å². The number of fused-ring (bicyclic) bond motifs is 1. The molecule has 11 heteroatoms. The minimum atomic E-state index is -2.70. The van der Waals surface area contributed by atoms with Gasteiger partial charge in [0.05, 0.1) is 0 Å². The molecule has 1 N–H and O–H groups in total. The number of carbonyl (C=O) groups excluding carboxylic acids is 1. The number of amides is 1. The number of halogens is 2. The van der Waals surface area contributed by atoms with E-state index in [9.17, 15) is 13.6 Å². The Kier molecular flexibility index (Phi) is 4.42. The third-order valence-corrected chi connectivity index (χ3v) is 4.54. The highest BCUT2D eigenvalue weighted by Crippen LogP contribution is 2.27. The lowest BCUT2D eigenvalue weighted by Crippen LogP contribution is -2.32. The van der Waals surface area contributed by atoms with E-state index >= 15 is 0 Å². The molecule has 3 aromatic heterocycles. The smallest absolute Gasteiger partial charge is 0.295 e. The predicted octanol–water partition coefficient (Wildman–Crippen LogP) is 2.10. The number of hydrogen-bond acceptors (Lipinski definition) is 7. The van der Waals surface area contributed by atoms with Crippen LogP contribution in [0.4, 0.5) is 14.6 Å². The van der Waals surface area contributed by atoms with E-state index in [2.05, 4.69) is 25.3 Å². The molecule has 4 heterocycles. The average molecular weight is 377 g/mol. The van der Waals surface area contributed by atoms with Gasteiger partial charge in [-0.05, 0) is 13.3 Å². The Morgan fingerprint density at radius 1 is 1.41 bits per heavy atom. The Morgan fingerprint density at radius 3 is 2.96 bits per heavy atom. The van der Waals surface area contributed by atoms with Gasteiger partial charge in [0, 0.05) is 25.7 Å². The first-order valence-corrected chi connectivity index (χ1v) is 8.51.